The fourth-order valence-electron chi connectivity index (χ4n) is 3.74. The summed E-state index contributed by atoms with van der Waals surface area (Å²) in [4.78, 5) is 0. The van der Waals surface area contributed by atoms with Crippen LogP contribution in [0, 0.1) is 6.92 Å². The number of nitrogens with one attached hydrogen (secondary N) is 1. The molecular formula is C17H27BrCl2NSiZr. The van der Waals surface area contributed by atoms with Crippen molar-refractivity contribution in [2.75, 3.05) is 0 Å². The van der Waals surface area contributed by atoms with Crippen molar-refractivity contribution in [3.05, 3.63) is 38.9 Å². The van der Waals surface area contributed by atoms with E-state index in [1.165, 1.54) is 22.3 Å². The Labute approximate surface area is 158 Å². The Hall–Kier alpha value is 1.08. The van der Waals surface area contributed by atoms with E-state index in [2.05, 4.69) is 85.1 Å². The third-order valence-electron chi connectivity index (χ3n) is 4.72. The summed E-state index contributed by atoms with van der Waals surface area (Å²) in [5.41, 5.74) is 5.12. The van der Waals surface area contributed by atoms with Crippen LogP contribution < -0.4 is 3.26 Å². The van der Waals surface area contributed by atoms with Crippen molar-refractivity contribution in [3.8, 4) is 0 Å². The second kappa shape index (κ2) is 6.35. The van der Waals surface area contributed by atoms with Crippen LogP contribution in [0.2, 0.25) is 13.1 Å². The van der Waals surface area contributed by atoms with Crippen molar-refractivity contribution < 1.29 is 15.8 Å². The van der Waals surface area contributed by atoms with Crippen LogP contribution in [0.15, 0.2) is 22.2 Å². The van der Waals surface area contributed by atoms with Crippen molar-refractivity contribution in [2.45, 2.75) is 56.9 Å². The van der Waals surface area contributed by atoms with Crippen LogP contribution in [0.4, 0.5) is 0 Å². The van der Waals surface area contributed by atoms with E-state index in [0.717, 1.165) is 4.47 Å². The fourth-order valence-corrected chi connectivity index (χ4v) is 32.4. The van der Waals surface area contributed by atoms with E-state index in [1.54, 1.807) is 0 Å². The Morgan fingerprint density at radius 3 is 2.22 bits per heavy atom. The molecule has 0 radical (unpaired) electrons. The maximum atomic E-state index is 7.52. The summed E-state index contributed by atoms with van der Waals surface area (Å²) in [6.07, 6.45) is 2.29. The van der Waals surface area contributed by atoms with Crippen LogP contribution in [0.1, 0.15) is 48.0 Å². The molecule has 1 atom stereocenters. The zero-order valence-electron chi connectivity index (χ0n) is 15.0. The predicted octanol–water partition coefficient (Wildman–Crippen LogP) is 6.50. The quantitative estimate of drug-likeness (QED) is 0.454. The van der Waals surface area contributed by atoms with E-state index in [4.69, 9.17) is 17.0 Å². The van der Waals surface area contributed by atoms with Gasteiger partial charge in [-0.3, -0.25) is 0 Å². The third-order valence-corrected chi connectivity index (χ3v) is 52.4. The van der Waals surface area contributed by atoms with Gasteiger partial charge in [0.05, 0.1) is 0 Å². The van der Waals surface area contributed by atoms with Gasteiger partial charge >= 0.3 is 160 Å². The van der Waals surface area contributed by atoms with Gasteiger partial charge < -0.3 is 0 Å². The van der Waals surface area contributed by atoms with Gasteiger partial charge in [0.2, 0.25) is 0 Å². The van der Waals surface area contributed by atoms with Gasteiger partial charge in [-0.25, -0.2) is 0 Å². The zero-order chi connectivity index (χ0) is 17.8. The standard InChI is InChI=1S/C11H10Br.C4H10N.C2H7Si.2ClH.Zr/c1-7-3-9-6-10(12)5-8(2)11(9)4-7;1-4(2,3)5;1-3-2;;;/h3-6H,1-2H3;5H,1-3H3;3H,1-2H3;2*1H;/q;-1;;;;+3/p-2. The molecule has 6 heteroatoms. The summed E-state index contributed by atoms with van der Waals surface area (Å²) in [6.45, 7) is 15.5. The Bertz CT molecular complexity index is 680. The number of halogens is 3. The Morgan fingerprint density at radius 1 is 1.17 bits per heavy atom. The van der Waals surface area contributed by atoms with Crippen LogP contribution >= 0.6 is 33.0 Å². The minimum absolute atomic E-state index is 0.0872. The molecule has 0 fully saturated rings. The first-order valence-electron chi connectivity index (χ1n) is 8.11. The van der Waals surface area contributed by atoms with E-state index in [1.807, 2.05) is 0 Å². The molecular weight excluding hydrogens is 488 g/mol. The van der Waals surface area contributed by atoms with Crippen LogP contribution in [0.3, 0.4) is 0 Å². The molecule has 1 N–H and O–H groups in total. The molecule has 1 aliphatic rings. The summed E-state index contributed by atoms with van der Waals surface area (Å²) >= 11 is -0.569. The number of aryl methyl sites for hydroxylation is 1. The van der Waals surface area contributed by atoms with Gasteiger partial charge in [0.15, 0.2) is 0 Å². The topological polar surface area (TPSA) is 12.0 Å². The first-order chi connectivity index (χ1) is 10.3. The second-order valence-electron chi connectivity index (χ2n) is 8.23. The molecule has 23 heavy (non-hydrogen) atoms. The van der Waals surface area contributed by atoms with Gasteiger partial charge in [-0.15, -0.1) is 0 Å². The molecule has 1 aromatic carbocycles. The monoisotopic (exact) mass is 512 g/mol. The summed E-state index contributed by atoms with van der Waals surface area (Å²) in [5.74, 6) is -1.32. The molecule has 0 bridgehead atoms. The SMILES string of the molecule is CC1=Cc2c(C)cc(Br)cc2[CH]1[Zr]([Cl])([Cl])([NH]C(C)(C)C)[SiH](C)C. The molecule has 1 nitrogen and oxygen atoms in total. The van der Waals surface area contributed by atoms with Gasteiger partial charge in [0, 0.05) is 0 Å². The van der Waals surface area contributed by atoms with E-state index >= 15 is 0 Å². The second-order valence-corrected chi connectivity index (χ2v) is 49.9. The molecule has 0 spiro atoms. The van der Waals surface area contributed by atoms with E-state index < -0.39 is 21.8 Å². The zero-order valence-corrected chi connectivity index (χ0v) is 21.7. The molecule has 0 heterocycles. The third kappa shape index (κ3) is 3.78. The average Bonchev–Trinajstić information content (AvgIpc) is 2.63. The van der Waals surface area contributed by atoms with Gasteiger partial charge in [-0.1, -0.05) is 0 Å². The summed E-state index contributed by atoms with van der Waals surface area (Å²) < 4.78 is 5.08. The van der Waals surface area contributed by atoms with Crippen molar-refractivity contribution in [3.63, 3.8) is 0 Å². The van der Waals surface area contributed by atoms with E-state index in [-0.39, 0.29) is 9.16 Å². The Balaban J connectivity index is 2.71. The van der Waals surface area contributed by atoms with Crippen molar-refractivity contribution in [1.29, 1.82) is 0 Å². The van der Waals surface area contributed by atoms with Gasteiger partial charge in [-0.2, -0.15) is 0 Å². The van der Waals surface area contributed by atoms with E-state index in [9.17, 15) is 0 Å². The Kier molecular flexibility index (Phi) is 5.63. The number of allylic oxidation sites excluding steroid dienone is 1. The van der Waals surface area contributed by atoms with Crippen molar-refractivity contribution >= 4 is 45.0 Å². The molecule has 0 amide bonds. The van der Waals surface area contributed by atoms with Crippen LogP contribution in [0.5, 0.6) is 0 Å². The molecule has 0 saturated carbocycles. The number of benzene rings is 1. The molecule has 0 aromatic heterocycles. The molecule has 1 aliphatic carbocycles. The van der Waals surface area contributed by atoms with Gasteiger partial charge in [0.25, 0.3) is 0 Å². The normalized spacial score (nSPS) is 20.2. The average molecular weight is 516 g/mol. The maximum absolute atomic E-state index is 7.52. The number of hydrogen-bond acceptors (Lipinski definition) is 1. The predicted molar refractivity (Wildman–Crippen MR) is 109 cm³/mol. The molecule has 1 unspecified atom stereocenters. The van der Waals surface area contributed by atoms with E-state index in [0.29, 0.717) is 0 Å². The first-order valence-corrected chi connectivity index (χ1v) is 25.0. The summed E-state index contributed by atoms with van der Waals surface area (Å²) in [7, 11) is 15.0. The molecule has 0 saturated heterocycles. The Morgan fingerprint density at radius 2 is 1.74 bits per heavy atom. The summed E-state index contributed by atoms with van der Waals surface area (Å²) in [5, 5.41) is 0. The van der Waals surface area contributed by atoms with Crippen LogP contribution in [-0.2, 0) is 15.8 Å². The minimum atomic E-state index is -4.22. The van der Waals surface area contributed by atoms with Crippen LogP contribution in [0.25, 0.3) is 6.08 Å². The number of hydrogen-bond donors (Lipinski definition) is 1. The summed E-state index contributed by atoms with van der Waals surface area (Å²) in [6, 6.07) is 4.39. The fraction of sp³-hybridized carbons (Fsp3) is 0.529. The molecule has 0 aliphatic heterocycles. The van der Waals surface area contributed by atoms with Crippen molar-refractivity contribution in [2.24, 2.45) is 0 Å². The van der Waals surface area contributed by atoms with Gasteiger partial charge in [-0.05, 0) is 0 Å². The van der Waals surface area contributed by atoms with Crippen LogP contribution in [-0.4, -0.2) is 11.5 Å². The molecule has 129 valence electrons. The molecule has 2 rings (SSSR count). The first kappa shape index (κ1) is 20.4. The van der Waals surface area contributed by atoms with Gasteiger partial charge in [0.1, 0.15) is 0 Å². The van der Waals surface area contributed by atoms with Crippen molar-refractivity contribution in [1.82, 2.24) is 3.26 Å². The molecule has 1 aromatic rings. The number of rotatable bonds is 3. The number of fused-ring (bicyclic) bond motifs is 1.